The van der Waals surface area contributed by atoms with Crippen molar-refractivity contribution >= 4 is 28.1 Å². The molecule has 2 rings (SSSR count). The zero-order valence-corrected chi connectivity index (χ0v) is 13.3. The van der Waals surface area contributed by atoms with Gasteiger partial charge in [0, 0.05) is 7.05 Å². The average Bonchev–Trinajstić information content (AvgIpc) is 2.86. The molecule has 7 nitrogen and oxygen atoms in total. The molecule has 21 heavy (non-hydrogen) atoms. The number of carbonyl (C=O) groups excluding carboxylic acids is 1. The van der Waals surface area contributed by atoms with Gasteiger partial charge in [0.25, 0.3) is 5.91 Å². The number of hydrazone groups is 1. The van der Waals surface area contributed by atoms with Gasteiger partial charge in [-0.1, -0.05) is 0 Å². The van der Waals surface area contributed by atoms with Gasteiger partial charge in [0.1, 0.15) is 6.54 Å². The second-order valence-electron chi connectivity index (χ2n) is 4.44. The van der Waals surface area contributed by atoms with Crippen LogP contribution in [0.3, 0.4) is 0 Å². The second-order valence-corrected chi connectivity index (χ2v) is 5.30. The standard InChI is InChI=1S/C12H14BrFN6O/c1-7-9(12(14)19(3)18-7)4-15-17-11(21)6-20-8(2)10(13)5-16-20/h4-5H,6H2,1-3H3,(H,17,21). The van der Waals surface area contributed by atoms with Gasteiger partial charge in [-0.2, -0.15) is 19.7 Å². The Morgan fingerprint density at radius 2 is 2.29 bits per heavy atom. The lowest BCUT2D eigenvalue weighted by atomic mass is 10.3. The summed E-state index contributed by atoms with van der Waals surface area (Å²) in [7, 11) is 1.50. The SMILES string of the molecule is Cc1nn(C)c(F)c1C=NNC(=O)Cn1ncc(Br)c1C. The molecule has 0 saturated heterocycles. The highest BCUT2D eigenvalue weighted by molar-refractivity contribution is 9.10. The van der Waals surface area contributed by atoms with Crippen molar-refractivity contribution in [1.82, 2.24) is 25.0 Å². The molecule has 0 radical (unpaired) electrons. The lowest BCUT2D eigenvalue weighted by molar-refractivity contribution is -0.121. The van der Waals surface area contributed by atoms with Gasteiger partial charge in [-0.25, -0.2) is 10.1 Å². The van der Waals surface area contributed by atoms with Gasteiger partial charge < -0.3 is 0 Å². The fourth-order valence-electron chi connectivity index (χ4n) is 1.72. The Hall–Kier alpha value is -2.03. The summed E-state index contributed by atoms with van der Waals surface area (Å²) >= 11 is 3.31. The molecule has 0 bridgehead atoms. The molecule has 0 spiro atoms. The second kappa shape index (κ2) is 6.17. The van der Waals surface area contributed by atoms with Crippen LogP contribution < -0.4 is 5.43 Å². The van der Waals surface area contributed by atoms with Crippen LogP contribution >= 0.6 is 15.9 Å². The van der Waals surface area contributed by atoms with E-state index >= 15 is 0 Å². The van der Waals surface area contributed by atoms with Gasteiger partial charge >= 0.3 is 0 Å². The van der Waals surface area contributed by atoms with E-state index in [9.17, 15) is 9.18 Å². The smallest absolute Gasteiger partial charge is 0.261 e. The molecule has 0 aliphatic carbocycles. The van der Waals surface area contributed by atoms with Crippen LogP contribution in [0.4, 0.5) is 4.39 Å². The quantitative estimate of drug-likeness (QED) is 0.662. The normalized spacial score (nSPS) is 11.3. The highest BCUT2D eigenvalue weighted by Gasteiger charge is 2.11. The summed E-state index contributed by atoms with van der Waals surface area (Å²) in [5, 5.41) is 11.7. The summed E-state index contributed by atoms with van der Waals surface area (Å²) in [5.74, 6) is -0.857. The zero-order valence-electron chi connectivity index (χ0n) is 11.8. The molecule has 0 aliphatic heterocycles. The molecule has 0 saturated carbocycles. The number of carbonyl (C=O) groups is 1. The first kappa shape index (κ1) is 15.4. The van der Waals surface area contributed by atoms with Crippen molar-refractivity contribution in [3.05, 3.63) is 33.6 Å². The first-order valence-electron chi connectivity index (χ1n) is 6.09. The predicted octanol–water partition coefficient (Wildman–Crippen LogP) is 1.29. The van der Waals surface area contributed by atoms with Gasteiger partial charge in [0.05, 0.1) is 33.8 Å². The van der Waals surface area contributed by atoms with E-state index in [1.54, 1.807) is 13.1 Å². The Balaban J connectivity index is 1.98. The molecular weight excluding hydrogens is 343 g/mol. The van der Waals surface area contributed by atoms with Crippen LogP contribution in [-0.2, 0) is 18.4 Å². The summed E-state index contributed by atoms with van der Waals surface area (Å²) in [6, 6.07) is 0. The van der Waals surface area contributed by atoms with E-state index in [1.807, 2.05) is 6.92 Å². The Labute approximate surface area is 129 Å². The van der Waals surface area contributed by atoms with Crippen LogP contribution in [0.15, 0.2) is 15.8 Å². The maximum absolute atomic E-state index is 13.6. The number of halogens is 2. The first-order valence-corrected chi connectivity index (χ1v) is 6.88. The zero-order chi connectivity index (χ0) is 15.6. The maximum atomic E-state index is 13.6. The first-order chi connectivity index (χ1) is 9.90. The minimum absolute atomic E-state index is 0.0310. The number of hydrogen-bond donors (Lipinski definition) is 1. The molecular formula is C12H14BrFN6O. The summed E-state index contributed by atoms with van der Waals surface area (Å²) in [5.41, 5.74) is 3.91. The van der Waals surface area contributed by atoms with E-state index in [2.05, 4.69) is 36.7 Å². The molecule has 0 atom stereocenters. The lowest BCUT2D eigenvalue weighted by Gasteiger charge is -2.02. The Morgan fingerprint density at radius 1 is 1.57 bits per heavy atom. The van der Waals surface area contributed by atoms with Crippen molar-refractivity contribution in [2.24, 2.45) is 12.1 Å². The number of aromatic nitrogens is 4. The Morgan fingerprint density at radius 3 is 2.81 bits per heavy atom. The summed E-state index contributed by atoms with van der Waals surface area (Å²) in [6.45, 7) is 3.53. The molecule has 1 amide bonds. The number of rotatable bonds is 4. The van der Waals surface area contributed by atoms with Crippen LogP contribution in [0, 0.1) is 19.8 Å². The minimum atomic E-state index is -0.502. The molecule has 1 N–H and O–H groups in total. The monoisotopic (exact) mass is 356 g/mol. The van der Waals surface area contributed by atoms with Gasteiger partial charge in [0.2, 0.25) is 5.95 Å². The number of nitrogens with zero attached hydrogens (tertiary/aromatic N) is 5. The molecule has 0 unspecified atom stereocenters. The van der Waals surface area contributed by atoms with Crippen LogP contribution in [0.5, 0.6) is 0 Å². The van der Waals surface area contributed by atoms with Crippen molar-refractivity contribution in [2.75, 3.05) is 0 Å². The minimum Gasteiger partial charge on any atom is -0.271 e. The van der Waals surface area contributed by atoms with Crippen molar-refractivity contribution in [3.8, 4) is 0 Å². The molecule has 9 heteroatoms. The van der Waals surface area contributed by atoms with E-state index in [-0.39, 0.29) is 18.0 Å². The van der Waals surface area contributed by atoms with Crippen LogP contribution in [-0.4, -0.2) is 31.7 Å². The van der Waals surface area contributed by atoms with E-state index in [1.165, 1.54) is 17.9 Å². The van der Waals surface area contributed by atoms with E-state index < -0.39 is 5.95 Å². The molecule has 2 aromatic rings. The lowest BCUT2D eigenvalue weighted by Crippen LogP contribution is -2.24. The average molecular weight is 357 g/mol. The van der Waals surface area contributed by atoms with E-state index in [0.29, 0.717) is 5.69 Å². The Bertz CT molecular complexity index is 705. The molecule has 2 heterocycles. The number of nitrogens with one attached hydrogen (secondary N) is 1. The van der Waals surface area contributed by atoms with Gasteiger partial charge in [0.15, 0.2) is 0 Å². The highest BCUT2D eigenvalue weighted by Crippen LogP contribution is 2.13. The van der Waals surface area contributed by atoms with Crippen molar-refractivity contribution in [1.29, 1.82) is 0 Å². The summed E-state index contributed by atoms with van der Waals surface area (Å²) < 4.78 is 17.1. The van der Waals surface area contributed by atoms with Crippen molar-refractivity contribution in [3.63, 3.8) is 0 Å². The number of amides is 1. The largest absolute Gasteiger partial charge is 0.271 e. The van der Waals surface area contributed by atoms with Gasteiger partial charge in [-0.15, -0.1) is 0 Å². The fourth-order valence-corrected chi connectivity index (χ4v) is 2.01. The molecule has 112 valence electrons. The highest BCUT2D eigenvalue weighted by atomic mass is 79.9. The van der Waals surface area contributed by atoms with Crippen LogP contribution in [0.1, 0.15) is 17.0 Å². The van der Waals surface area contributed by atoms with Crippen LogP contribution in [0.2, 0.25) is 0 Å². The summed E-state index contributed by atoms with van der Waals surface area (Å²) in [4.78, 5) is 11.7. The van der Waals surface area contributed by atoms with Crippen LogP contribution in [0.25, 0.3) is 0 Å². The molecule has 2 aromatic heterocycles. The van der Waals surface area contributed by atoms with Crippen molar-refractivity contribution < 1.29 is 9.18 Å². The van der Waals surface area contributed by atoms with Gasteiger partial charge in [-0.3, -0.25) is 9.48 Å². The third kappa shape index (κ3) is 3.35. The molecule has 0 fully saturated rings. The number of hydrogen-bond acceptors (Lipinski definition) is 4. The topological polar surface area (TPSA) is 77.1 Å². The third-order valence-corrected chi connectivity index (χ3v) is 3.69. The molecule has 0 aliphatic rings. The predicted molar refractivity (Wildman–Crippen MR) is 78.3 cm³/mol. The maximum Gasteiger partial charge on any atom is 0.261 e. The Kier molecular flexibility index (Phi) is 4.51. The number of aryl methyl sites for hydroxylation is 2. The van der Waals surface area contributed by atoms with Crippen molar-refractivity contribution in [2.45, 2.75) is 20.4 Å². The van der Waals surface area contributed by atoms with Gasteiger partial charge in [-0.05, 0) is 29.8 Å². The van der Waals surface area contributed by atoms with E-state index in [4.69, 9.17) is 0 Å². The third-order valence-electron chi connectivity index (χ3n) is 2.92. The fraction of sp³-hybridized carbons (Fsp3) is 0.333. The molecule has 0 aromatic carbocycles. The summed E-state index contributed by atoms with van der Waals surface area (Å²) in [6.07, 6.45) is 2.85. The van der Waals surface area contributed by atoms with E-state index in [0.717, 1.165) is 14.8 Å².